The lowest BCUT2D eigenvalue weighted by atomic mass is 9.65. The van der Waals surface area contributed by atoms with Gasteiger partial charge in [0.15, 0.2) is 11.6 Å². The number of rotatable bonds is 6. The molecule has 4 aromatic heterocycles. The molecule has 1 spiro atoms. The van der Waals surface area contributed by atoms with Crippen LogP contribution in [0.25, 0.3) is 139 Å². The van der Waals surface area contributed by atoms with Crippen molar-refractivity contribution in [1.29, 1.82) is 0 Å². The molecule has 0 aliphatic heterocycles. The lowest BCUT2D eigenvalue weighted by Gasteiger charge is -2.36. The number of allylic oxidation sites excluding steroid dienone is 4. The standard InChI is InChI=1S/C85H56N6/c1-84(2)67-35-19-15-31-57(67)63-49-66-65-48-54(39-45-74(65)89(76(66)50-72(63)84)55-27-11-5-12-28-55)53-40-46-75-64(47-53)60-42-44-71-78(80(60)91(75)83-87-81(51-23-7-3-8-24-51)86-82(88-83)52-25-9-4-10-26-52)62-34-17-21-37-69(62)85(71)68-36-20-16-33-61(68)77-70(85)43-41-59-58-32-18-22-38-73(58)90(79(59)77)56-29-13-6-14-30-56/h3-50,62,69H,1-2H3. The fourth-order valence-corrected chi connectivity index (χ4v) is 17.2. The Bertz CT molecular complexity index is 5810. The molecule has 16 aromatic rings. The lowest BCUT2D eigenvalue weighted by molar-refractivity contribution is 0.466. The van der Waals surface area contributed by atoms with E-state index in [1.54, 1.807) is 0 Å². The van der Waals surface area contributed by atoms with Gasteiger partial charge in [-0.05, 0) is 128 Å². The topological polar surface area (TPSA) is 53.5 Å². The van der Waals surface area contributed by atoms with E-state index < -0.39 is 5.41 Å². The van der Waals surface area contributed by atoms with Crippen LogP contribution in [0.4, 0.5) is 0 Å². The minimum atomic E-state index is -0.560. The van der Waals surface area contributed by atoms with Crippen LogP contribution in [0.2, 0.25) is 0 Å². The Morgan fingerprint density at radius 1 is 0.330 bits per heavy atom. The smallest absolute Gasteiger partial charge is 0.238 e. The van der Waals surface area contributed by atoms with E-state index in [1.807, 2.05) is 12.1 Å². The normalized spacial score (nSPS) is 17.2. The van der Waals surface area contributed by atoms with Gasteiger partial charge < -0.3 is 9.13 Å². The Balaban J connectivity index is 0.873. The zero-order valence-electron chi connectivity index (χ0n) is 50.1. The van der Waals surface area contributed by atoms with Crippen molar-refractivity contribution in [3.05, 3.63) is 325 Å². The van der Waals surface area contributed by atoms with Gasteiger partial charge in [0.2, 0.25) is 5.95 Å². The summed E-state index contributed by atoms with van der Waals surface area (Å²) in [5.74, 6) is 1.85. The molecular weight excluding hydrogens is 1100 g/mol. The van der Waals surface area contributed by atoms with Gasteiger partial charge in [-0.2, -0.15) is 9.97 Å². The monoisotopic (exact) mass is 1160 g/mol. The maximum Gasteiger partial charge on any atom is 0.238 e. The molecule has 20 rings (SSSR count). The van der Waals surface area contributed by atoms with E-state index in [-0.39, 0.29) is 17.3 Å². The number of hydrogen-bond acceptors (Lipinski definition) is 3. The minimum absolute atomic E-state index is 0.00623. The van der Waals surface area contributed by atoms with Crippen molar-refractivity contribution in [3.8, 4) is 73.5 Å². The zero-order chi connectivity index (χ0) is 59.8. The first-order valence-corrected chi connectivity index (χ1v) is 31.8. The van der Waals surface area contributed by atoms with E-state index in [2.05, 4.69) is 307 Å². The summed E-state index contributed by atoms with van der Waals surface area (Å²) >= 11 is 0. The average Bonchev–Trinajstić information content (AvgIpc) is 1.49. The van der Waals surface area contributed by atoms with Gasteiger partial charge in [-0.3, -0.25) is 4.57 Å². The molecule has 0 bridgehead atoms. The molecule has 4 aliphatic carbocycles. The van der Waals surface area contributed by atoms with Crippen LogP contribution in [0.3, 0.4) is 0 Å². The third-order valence-electron chi connectivity index (χ3n) is 21.0. The zero-order valence-corrected chi connectivity index (χ0v) is 50.1. The van der Waals surface area contributed by atoms with Gasteiger partial charge >= 0.3 is 0 Å². The maximum atomic E-state index is 5.58. The Morgan fingerprint density at radius 2 is 0.868 bits per heavy atom. The molecule has 4 heterocycles. The van der Waals surface area contributed by atoms with Crippen LogP contribution in [0.15, 0.2) is 291 Å². The van der Waals surface area contributed by atoms with Gasteiger partial charge in [0, 0.05) is 77.6 Å². The largest absolute Gasteiger partial charge is 0.309 e. The van der Waals surface area contributed by atoms with Gasteiger partial charge in [0.05, 0.1) is 38.5 Å². The predicted molar refractivity (Wildman–Crippen MR) is 373 cm³/mol. The van der Waals surface area contributed by atoms with E-state index in [4.69, 9.17) is 15.0 Å². The quantitative estimate of drug-likeness (QED) is 0.167. The molecule has 426 valence electrons. The van der Waals surface area contributed by atoms with Crippen LogP contribution in [0, 0.1) is 5.92 Å². The molecule has 6 heteroatoms. The van der Waals surface area contributed by atoms with Crippen molar-refractivity contribution in [2.45, 2.75) is 30.6 Å². The summed E-state index contributed by atoms with van der Waals surface area (Å²) < 4.78 is 7.38. The molecule has 12 aromatic carbocycles. The van der Waals surface area contributed by atoms with Gasteiger partial charge in [0.1, 0.15) is 0 Å². The first-order chi connectivity index (χ1) is 44.9. The van der Waals surface area contributed by atoms with Gasteiger partial charge in [-0.15, -0.1) is 0 Å². The summed E-state index contributed by atoms with van der Waals surface area (Å²) in [6.07, 6.45) is 9.54. The molecule has 91 heavy (non-hydrogen) atoms. The van der Waals surface area contributed by atoms with E-state index in [0.29, 0.717) is 17.6 Å². The number of nitrogens with zero attached hydrogens (tertiary/aromatic N) is 6. The van der Waals surface area contributed by atoms with E-state index in [9.17, 15) is 0 Å². The highest BCUT2D eigenvalue weighted by molar-refractivity contribution is 6.18. The summed E-state index contributed by atoms with van der Waals surface area (Å²) in [5.41, 5.74) is 26.0. The molecule has 4 aliphatic rings. The van der Waals surface area contributed by atoms with Gasteiger partial charge in [-0.25, -0.2) is 4.98 Å². The van der Waals surface area contributed by atoms with Crippen molar-refractivity contribution in [1.82, 2.24) is 28.7 Å². The summed E-state index contributed by atoms with van der Waals surface area (Å²) in [4.78, 5) is 16.4. The Morgan fingerprint density at radius 3 is 1.57 bits per heavy atom. The second-order valence-corrected chi connectivity index (χ2v) is 25.7. The molecule has 0 saturated carbocycles. The summed E-state index contributed by atoms with van der Waals surface area (Å²) in [6, 6.07) is 98.7. The molecule has 6 nitrogen and oxygen atoms in total. The highest BCUT2D eigenvalue weighted by Gasteiger charge is 2.58. The van der Waals surface area contributed by atoms with Crippen molar-refractivity contribution in [2.24, 2.45) is 5.92 Å². The predicted octanol–water partition coefficient (Wildman–Crippen LogP) is 20.6. The average molecular weight is 1160 g/mol. The Labute approximate surface area is 525 Å². The second-order valence-electron chi connectivity index (χ2n) is 25.7. The Hall–Kier alpha value is -11.5. The van der Waals surface area contributed by atoms with Crippen LogP contribution in [0.1, 0.15) is 53.1 Å². The van der Waals surface area contributed by atoms with E-state index in [0.717, 1.165) is 55.4 Å². The second kappa shape index (κ2) is 18.5. The molecule has 0 amide bonds. The molecule has 0 saturated heterocycles. The Kier molecular flexibility index (Phi) is 10.3. The number of para-hydroxylation sites is 3. The summed E-state index contributed by atoms with van der Waals surface area (Å²) in [5, 5.41) is 7.26. The first kappa shape index (κ1) is 50.5. The van der Waals surface area contributed by atoms with Crippen molar-refractivity contribution in [3.63, 3.8) is 0 Å². The summed E-state index contributed by atoms with van der Waals surface area (Å²) in [6.45, 7) is 4.75. The number of hydrogen-bond donors (Lipinski definition) is 0. The first-order valence-electron chi connectivity index (χ1n) is 31.8. The van der Waals surface area contributed by atoms with Gasteiger partial charge in [0.25, 0.3) is 0 Å². The van der Waals surface area contributed by atoms with Crippen LogP contribution >= 0.6 is 0 Å². The fraction of sp³-hybridized carbons (Fsp3) is 0.0706. The summed E-state index contributed by atoms with van der Waals surface area (Å²) in [7, 11) is 0. The van der Waals surface area contributed by atoms with E-state index >= 15 is 0 Å². The molecule has 0 fully saturated rings. The molecule has 0 N–H and O–H groups in total. The van der Waals surface area contributed by atoms with Crippen LogP contribution in [0.5, 0.6) is 0 Å². The van der Waals surface area contributed by atoms with Crippen molar-refractivity contribution < 1.29 is 0 Å². The van der Waals surface area contributed by atoms with Gasteiger partial charge in [-0.1, -0.05) is 238 Å². The highest BCUT2D eigenvalue weighted by Crippen LogP contribution is 2.68. The number of fused-ring (bicyclic) bond motifs is 24. The third-order valence-corrected chi connectivity index (χ3v) is 21.0. The number of aromatic nitrogens is 6. The van der Waals surface area contributed by atoms with Crippen molar-refractivity contribution in [2.75, 3.05) is 0 Å². The van der Waals surface area contributed by atoms with Crippen LogP contribution in [-0.4, -0.2) is 28.7 Å². The molecule has 3 unspecified atom stereocenters. The van der Waals surface area contributed by atoms with Crippen LogP contribution in [-0.2, 0) is 10.8 Å². The molecule has 3 atom stereocenters. The third kappa shape index (κ3) is 6.78. The fourth-order valence-electron chi connectivity index (χ4n) is 17.2. The maximum absolute atomic E-state index is 5.58. The number of benzene rings is 12. The van der Waals surface area contributed by atoms with Crippen LogP contribution < -0.4 is 0 Å². The van der Waals surface area contributed by atoms with Crippen molar-refractivity contribution >= 4 is 65.4 Å². The minimum Gasteiger partial charge on any atom is -0.309 e. The molecular formula is C85H56N6. The van der Waals surface area contributed by atoms with E-state index in [1.165, 1.54) is 99.2 Å². The SMILES string of the molecule is CC1(C)c2ccccc2-c2cc3c4cc(-c5ccc6c(c5)c5ccc7c(c5n6-c5nc(-c6ccccc6)nc(-c6ccccc6)n5)C5C=CC=CC5C75c6ccccc6-c6c5ccc5c7ccccc7n(-c7ccccc7)c65)ccc4n(-c4ccccc4)c3cc21. The molecule has 0 radical (unpaired) electrons. The highest BCUT2D eigenvalue weighted by atomic mass is 15.2. The lowest BCUT2D eigenvalue weighted by Crippen LogP contribution is -2.32.